The maximum atomic E-state index is 13.0. The number of sulfonamides is 1. The molecule has 0 saturated heterocycles. The summed E-state index contributed by atoms with van der Waals surface area (Å²) in [7, 11) is -2.02. The molecule has 0 aromatic heterocycles. The molecule has 0 radical (unpaired) electrons. The third-order valence-electron chi connectivity index (χ3n) is 5.08. The summed E-state index contributed by atoms with van der Waals surface area (Å²) in [6.45, 7) is 1.80. The predicted octanol–water partition coefficient (Wildman–Crippen LogP) is 4.46. The Balaban J connectivity index is 1.59. The van der Waals surface area contributed by atoms with E-state index in [9.17, 15) is 17.6 Å². The third kappa shape index (κ3) is 5.99. The van der Waals surface area contributed by atoms with Gasteiger partial charge in [-0.05, 0) is 60.9 Å². The van der Waals surface area contributed by atoms with Gasteiger partial charge in [-0.1, -0.05) is 42.5 Å². The molecule has 0 saturated carbocycles. The number of amides is 1. The molecule has 3 rings (SSSR count). The Morgan fingerprint density at radius 3 is 2.19 bits per heavy atom. The van der Waals surface area contributed by atoms with Gasteiger partial charge in [0.15, 0.2) is 0 Å². The molecule has 0 bridgehead atoms. The van der Waals surface area contributed by atoms with Crippen molar-refractivity contribution in [2.24, 2.45) is 0 Å². The number of hydrogen-bond acceptors (Lipinski definition) is 3. The molecule has 1 unspecified atom stereocenters. The van der Waals surface area contributed by atoms with Crippen molar-refractivity contribution in [3.05, 3.63) is 95.8 Å². The van der Waals surface area contributed by atoms with E-state index < -0.39 is 10.0 Å². The average Bonchev–Trinajstić information content (AvgIpc) is 2.78. The van der Waals surface area contributed by atoms with Gasteiger partial charge in [0.2, 0.25) is 15.9 Å². The number of aryl methyl sites for hydroxylation is 1. The van der Waals surface area contributed by atoms with Crippen LogP contribution >= 0.6 is 0 Å². The van der Waals surface area contributed by atoms with Gasteiger partial charge >= 0.3 is 0 Å². The molecule has 0 spiro atoms. The van der Waals surface area contributed by atoms with Gasteiger partial charge in [0.05, 0.1) is 4.90 Å². The topological polar surface area (TPSA) is 66.5 Å². The molecule has 162 valence electrons. The number of benzene rings is 3. The average molecular weight is 441 g/mol. The quantitative estimate of drug-likeness (QED) is 0.562. The maximum Gasteiger partial charge on any atom is 0.241 e. The number of rotatable bonds is 8. The molecule has 0 aliphatic carbocycles. The van der Waals surface area contributed by atoms with E-state index >= 15 is 0 Å². The molecule has 1 N–H and O–H groups in total. The first kappa shape index (κ1) is 22.7. The lowest BCUT2D eigenvalue weighted by molar-refractivity contribution is -0.118. The van der Waals surface area contributed by atoms with E-state index in [0.717, 1.165) is 11.1 Å². The summed E-state index contributed by atoms with van der Waals surface area (Å²) >= 11 is 0. The molecular formula is C24H25FN2O3S. The highest BCUT2D eigenvalue weighted by molar-refractivity contribution is 7.89. The molecule has 3 aromatic carbocycles. The van der Waals surface area contributed by atoms with Crippen LogP contribution in [0.1, 0.15) is 30.5 Å². The van der Waals surface area contributed by atoms with E-state index in [1.807, 2.05) is 30.3 Å². The molecular weight excluding hydrogens is 415 g/mol. The first-order valence-electron chi connectivity index (χ1n) is 9.94. The number of nitrogens with one attached hydrogen (secondary N) is 1. The van der Waals surface area contributed by atoms with Crippen LogP contribution in [0, 0.1) is 5.82 Å². The molecule has 0 aliphatic rings. The van der Waals surface area contributed by atoms with Gasteiger partial charge in [-0.15, -0.1) is 0 Å². The Kier molecular flexibility index (Phi) is 7.20. The van der Waals surface area contributed by atoms with Gasteiger partial charge in [-0.2, -0.15) is 0 Å². The number of carbonyl (C=O) groups is 1. The second-order valence-electron chi connectivity index (χ2n) is 7.33. The van der Waals surface area contributed by atoms with Crippen LogP contribution < -0.4 is 9.62 Å². The van der Waals surface area contributed by atoms with Crippen LogP contribution in [0.4, 0.5) is 10.1 Å². The van der Waals surface area contributed by atoms with Crippen molar-refractivity contribution in [1.82, 2.24) is 4.72 Å². The van der Waals surface area contributed by atoms with Crippen LogP contribution in [0.5, 0.6) is 0 Å². The van der Waals surface area contributed by atoms with E-state index in [2.05, 4.69) is 4.72 Å². The van der Waals surface area contributed by atoms with Gasteiger partial charge in [0.25, 0.3) is 0 Å². The van der Waals surface area contributed by atoms with Crippen molar-refractivity contribution < 1.29 is 17.6 Å². The zero-order chi connectivity index (χ0) is 22.4. The summed E-state index contributed by atoms with van der Waals surface area (Å²) in [5.41, 5.74) is 2.36. The minimum atomic E-state index is -3.66. The monoisotopic (exact) mass is 440 g/mol. The van der Waals surface area contributed by atoms with Crippen LogP contribution in [-0.2, 0) is 21.2 Å². The summed E-state index contributed by atoms with van der Waals surface area (Å²) < 4.78 is 41.1. The van der Waals surface area contributed by atoms with Gasteiger partial charge in [0, 0.05) is 25.2 Å². The van der Waals surface area contributed by atoms with E-state index in [0.29, 0.717) is 12.1 Å². The predicted molar refractivity (Wildman–Crippen MR) is 120 cm³/mol. The van der Waals surface area contributed by atoms with Crippen LogP contribution in [0.3, 0.4) is 0 Å². The van der Waals surface area contributed by atoms with Crippen LogP contribution in [0.25, 0.3) is 0 Å². The summed E-state index contributed by atoms with van der Waals surface area (Å²) in [6, 6.07) is 21.2. The maximum absolute atomic E-state index is 13.0. The lowest BCUT2D eigenvalue weighted by atomic mass is 10.1. The lowest BCUT2D eigenvalue weighted by Crippen LogP contribution is -2.27. The smallest absolute Gasteiger partial charge is 0.241 e. The molecule has 0 fully saturated rings. The molecule has 3 aromatic rings. The van der Waals surface area contributed by atoms with E-state index in [1.54, 1.807) is 50.4 Å². The van der Waals surface area contributed by atoms with Crippen molar-refractivity contribution in [3.8, 4) is 0 Å². The van der Waals surface area contributed by atoms with Crippen molar-refractivity contribution in [3.63, 3.8) is 0 Å². The SMILES string of the molecule is CC(NS(=O)(=O)c1ccc(CCC(=O)N(C)c2ccc(F)cc2)cc1)c1ccccc1. The fraction of sp³-hybridized carbons (Fsp3) is 0.208. The van der Waals surface area contributed by atoms with Crippen LogP contribution in [0.2, 0.25) is 0 Å². The zero-order valence-corrected chi connectivity index (χ0v) is 18.3. The number of halogens is 1. The van der Waals surface area contributed by atoms with E-state index in [4.69, 9.17) is 0 Å². The highest BCUT2D eigenvalue weighted by Crippen LogP contribution is 2.19. The fourth-order valence-electron chi connectivity index (χ4n) is 3.17. The first-order valence-corrected chi connectivity index (χ1v) is 11.4. The highest BCUT2D eigenvalue weighted by atomic mass is 32.2. The standard InChI is InChI=1S/C24H25FN2O3S/c1-18(20-6-4-3-5-7-20)26-31(29,30)23-15-8-19(9-16-23)10-17-24(28)27(2)22-13-11-21(25)12-14-22/h3-9,11-16,18,26H,10,17H2,1-2H3. The van der Waals surface area contributed by atoms with Crippen LogP contribution in [0.15, 0.2) is 83.8 Å². The largest absolute Gasteiger partial charge is 0.315 e. The van der Waals surface area contributed by atoms with Crippen LogP contribution in [-0.4, -0.2) is 21.4 Å². The van der Waals surface area contributed by atoms with Crippen molar-refractivity contribution in [2.45, 2.75) is 30.7 Å². The molecule has 0 heterocycles. The van der Waals surface area contributed by atoms with Crippen molar-refractivity contribution >= 4 is 21.6 Å². The molecule has 1 amide bonds. The van der Waals surface area contributed by atoms with Gasteiger partial charge in [0.1, 0.15) is 5.82 Å². The van der Waals surface area contributed by atoms with Crippen molar-refractivity contribution in [1.29, 1.82) is 0 Å². The molecule has 1 atom stereocenters. The Bertz CT molecular complexity index is 1120. The highest BCUT2D eigenvalue weighted by Gasteiger charge is 2.18. The molecule has 0 aliphatic heterocycles. The normalized spacial score (nSPS) is 12.4. The number of anilines is 1. The zero-order valence-electron chi connectivity index (χ0n) is 17.5. The van der Waals surface area contributed by atoms with E-state index in [-0.39, 0.29) is 29.1 Å². The summed E-state index contributed by atoms with van der Waals surface area (Å²) in [5.74, 6) is -0.464. The third-order valence-corrected chi connectivity index (χ3v) is 6.64. The number of nitrogens with zero attached hydrogens (tertiary/aromatic N) is 1. The minimum absolute atomic E-state index is 0.110. The lowest BCUT2D eigenvalue weighted by Gasteiger charge is -2.17. The number of carbonyl (C=O) groups excluding carboxylic acids is 1. The van der Waals surface area contributed by atoms with Gasteiger partial charge < -0.3 is 4.90 Å². The van der Waals surface area contributed by atoms with Gasteiger partial charge in [-0.25, -0.2) is 17.5 Å². The Hall–Kier alpha value is -3.03. The Morgan fingerprint density at radius 1 is 0.968 bits per heavy atom. The first-order chi connectivity index (χ1) is 14.8. The summed E-state index contributed by atoms with van der Waals surface area (Å²) in [4.78, 5) is 14.1. The van der Waals surface area contributed by atoms with Crippen molar-refractivity contribution in [2.75, 3.05) is 11.9 Å². The molecule has 7 heteroatoms. The Labute approximate surface area is 182 Å². The number of hydrogen-bond donors (Lipinski definition) is 1. The minimum Gasteiger partial charge on any atom is -0.315 e. The van der Waals surface area contributed by atoms with E-state index in [1.165, 1.54) is 17.0 Å². The Morgan fingerprint density at radius 2 is 1.58 bits per heavy atom. The molecule has 31 heavy (non-hydrogen) atoms. The second kappa shape index (κ2) is 9.85. The second-order valence-corrected chi connectivity index (χ2v) is 9.04. The summed E-state index contributed by atoms with van der Waals surface area (Å²) in [6.07, 6.45) is 0.724. The molecule has 5 nitrogen and oxygen atoms in total. The summed E-state index contributed by atoms with van der Waals surface area (Å²) in [5, 5.41) is 0. The fourth-order valence-corrected chi connectivity index (χ4v) is 4.41. The van der Waals surface area contributed by atoms with Gasteiger partial charge in [-0.3, -0.25) is 4.79 Å².